The van der Waals surface area contributed by atoms with E-state index in [9.17, 15) is 12.8 Å². The molecule has 1 heterocycles. The van der Waals surface area contributed by atoms with E-state index >= 15 is 0 Å². The van der Waals surface area contributed by atoms with Crippen molar-refractivity contribution in [1.82, 2.24) is 4.31 Å². The van der Waals surface area contributed by atoms with Crippen LogP contribution in [0.25, 0.3) is 0 Å². The second-order valence-corrected chi connectivity index (χ2v) is 8.48. The second-order valence-electron chi connectivity index (χ2n) is 4.37. The number of thiophene rings is 1. The zero-order valence-corrected chi connectivity index (χ0v) is 14.4. The summed E-state index contributed by atoms with van der Waals surface area (Å²) in [6.07, 6.45) is 1.48. The number of nitrogens with zero attached hydrogens (tertiary/aromatic N) is 1. The SMILES string of the molecule is C=CCN(Cc1ccc(Cl)s1)S(=O)(=O)c1ccc(F)cc1Cl. The summed E-state index contributed by atoms with van der Waals surface area (Å²) in [5.41, 5.74) is 0. The fourth-order valence-corrected chi connectivity index (χ4v) is 4.90. The molecule has 22 heavy (non-hydrogen) atoms. The average molecular weight is 380 g/mol. The fourth-order valence-electron chi connectivity index (χ4n) is 1.83. The minimum atomic E-state index is -3.87. The van der Waals surface area contributed by atoms with Crippen molar-refractivity contribution in [2.45, 2.75) is 11.4 Å². The highest BCUT2D eigenvalue weighted by Crippen LogP contribution is 2.28. The highest BCUT2D eigenvalue weighted by Gasteiger charge is 2.26. The molecule has 0 spiro atoms. The van der Waals surface area contributed by atoms with Gasteiger partial charge in [0.2, 0.25) is 10.0 Å². The molecule has 118 valence electrons. The Morgan fingerprint density at radius 1 is 1.27 bits per heavy atom. The lowest BCUT2D eigenvalue weighted by Crippen LogP contribution is -2.30. The molecule has 1 aromatic heterocycles. The summed E-state index contributed by atoms with van der Waals surface area (Å²) in [5.74, 6) is -0.593. The lowest BCUT2D eigenvalue weighted by atomic mass is 10.3. The van der Waals surface area contributed by atoms with Crippen molar-refractivity contribution < 1.29 is 12.8 Å². The molecule has 2 aromatic rings. The first-order chi connectivity index (χ1) is 10.3. The Balaban J connectivity index is 2.39. The molecule has 0 unspecified atom stereocenters. The zero-order valence-electron chi connectivity index (χ0n) is 11.3. The highest BCUT2D eigenvalue weighted by atomic mass is 35.5. The fraction of sp³-hybridized carbons (Fsp3) is 0.143. The van der Waals surface area contributed by atoms with Gasteiger partial charge in [-0.3, -0.25) is 0 Å². The van der Waals surface area contributed by atoms with Gasteiger partial charge in [-0.25, -0.2) is 12.8 Å². The maximum absolute atomic E-state index is 13.1. The minimum absolute atomic E-state index is 0.103. The van der Waals surface area contributed by atoms with Gasteiger partial charge in [-0.2, -0.15) is 4.31 Å². The van der Waals surface area contributed by atoms with Gasteiger partial charge in [0.25, 0.3) is 0 Å². The van der Waals surface area contributed by atoms with E-state index in [1.54, 1.807) is 12.1 Å². The number of sulfonamides is 1. The van der Waals surface area contributed by atoms with Gasteiger partial charge in [0, 0.05) is 18.0 Å². The summed E-state index contributed by atoms with van der Waals surface area (Å²) in [6.45, 7) is 3.81. The van der Waals surface area contributed by atoms with Crippen molar-refractivity contribution in [3.05, 3.63) is 63.0 Å². The van der Waals surface area contributed by atoms with E-state index < -0.39 is 15.8 Å². The van der Waals surface area contributed by atoms with Gasteiger partial charge in [0.15, 0.2) is 0 Å². The molecule has 0 N–H and O–H groups in total. The van der Waals surface area contributed by atoms with Crippen LogP contribution < -0.4 is 0 Å². The van der Waals surface area contributed by atoms with E-state index in [-0.39, 0.29) is 23.0 Å². The number of halogens is 3. The number of hydrogen-bond acceptors (Lipinski definition) is 3. The summed E-state index contributed by atoms with van der Waals surface area (Å²) in [5, 5.41) is -0.154. The summed E-state index contributed by atoms with van der Waals surface area (Å²) >= 11 is 13.0. The summed E-state index contributed by atoms with van der Waals surface area (Å²) in [6, 6.07) is 6.65. The molecule has 0 saturated carbocycles. The van der Waals surface area contributed by atoms with Crippen molar-refractivity contribution in [2.75, 3.05) is 6.54 Å². The van der Waals surface area contributed by atoms with E-state index in [0.717, 1.165) is 23.1 Å². The predicted molar refractivity (Wildman–Crippen MR) is 88.5 cm³/mol. The molecule has 2 rings (SSSR count). The van der Waals surface area contributed by atoms with Gasteiger partial charge in [0.05, 0.1) is 9.36 Å². The quantitative estimate of drug-likeness (QED) is 0.689. The molecule has 1 aromatic carbocycles. The van der Waals surface area contributed by atoms with Gasteiger partial charge < -0.3 is 0 Å². The second kappa shape index (κ2) is 7.10. The number of benzene rings is 1. The van der Waals surface area contributed by atoms with Gasteiger partial charge in [-0.15, -0.1) is 17.9 Å². The van der Waals surface area contributed by atoms with E-state index in [4.69, 9.17) is 23.2 Å². The Hall–Kier alpha value is -0.920. The topological polar surface area (TPSA) is 37.4 Å². The molecular weight excluding hydrogens is 368 g/mol. The average Bonchev–Trinajstić information content (AvgIpc) is 2.83. The third kappa shape index (κ3) is 3.88. The normalized spacial score (nSPS) is 11.8. The largest absolute Gasteiger partial charge is 0.245 e. The summed E-state index contributed by atoms with van der Waals surface area (Å²) in [7, 11) is -3.87. The molecule has 0 fully saturated rings. The first-order valence-corrected chi connectivity index (χ1v) is 9.16. The Morgan fingerprint density at radius 2 is 2.00 bits per heavy atom. The van der Waals surface area contributed by atoms with Crippen LogP contribution in [0.3, 0.4) is 0 Å². The van der Waals surface area contributed by atoms with Crippen molar-refractivity contribution in [3.8, 4) is 0 Å². The Kier molecular flexibility index (Phi) is 5.63. The molecule has 0 amide bonds. The van der Waals surface area contributed by atoms with Crippen LogP contribution in [0.4, 0.5) is 4.39 Å². The van der Waals surface area contributed by atoms with Crippen LogP contribution in [0.2, 0.25) is 9.36 Å². The van der Waals surface area contributed by atoms with Crippen LogP contribution in [0.15, 0.2) is 47.9 Å². The molecular formula is C14H12Cl2FNO2S2. The van der Waals surface area contributed by atoms with Crippen LogP contribution in [0.5, 0.6) is 0 Å². The molecule has 0 bridgehead atoms. The number of hydrogen-bond donors (Lipinski definition) is 0. The molecule has 3 nitrogen and oxygen atoms in total. The van der Waals surface area contributed by atoms with E-state index in [1.165, 1.54) is 21.7 Å². The van der Waals surface area contributed by atoms with E-state index in [1.807, 2.05) is 0 Å². The van der Waals surface area contributed by atoms with Gasteiger partial charge in [-0.1, -0.05) is 29.3 Å². The lowest BCUT2D eigenvalue weighted by molar-refractivity contribution is 0.441. The predicted octanol–water partition coefficient (Wildman–Crippen LogP) is 4.57. The Bertz CT molecular complexity index is 790. The minimum Gasteiger partial charge on any atom is -0.207 e. The first kappa shape index (κ1) is 17.4. The molecule has 0 aliphatic carbocycles. The van der Waals surface area contributed by atoms with Gasteiger partial charge >= 0.3 is 0 Å². The first-order valence-electron chi connectivity index (χ1n) is 6.15. The Labute approximate surface area is 142 Å². The maximum atomic E-state index is 13.1. The zero-order chi connectivity index (χ0) is 16.3. The standard InChI is InChI=1S/C14H12Cl2FNO2S2/c1-2-7-18(9-11-4-6-14(16)21-11)22(19,20)13-5-3-10(17)8-12(13)15/h2-6,8H,1,7,9H2. The van der Waals surface area contributed by atoms with E-state index in [2.05, 4.69) is 6.58 Å². The molecule has 0 aliphatic rings. The van der Waals surface area contributed by atoms with Gasteiger partial charge in [-0.05, 0) is 30.3 Å². The lowest BCUT2D eigenvalue weighted by Gasteiger charge is -2.20. The Morgan fingerprint density at radius 3 is 2.55 bits per heavy atom. The van der Waals surface area contributed by atoms with Crippen molar-refractivity contribution in [1.29, 1.82) is 0 Å². The molecule has 0 atom stereocenters. The van der Waals surface area contributed by atoms with Crippen molar-refractivity contribution in [2.24, 2.45) is 0 Å². The summed E-state index contributed by atoms with van der Waals surface area (Å²) < 4.78 is 40.3. The molecule has 8 heteroatoms. The monoisotopic (exact) mass is 379 g/mol. The van der Waals surface area contributed by atoms with Crippen LogP contribution in [0.1, 0.15) is 4.88 Å². The third-order valence-corrected chi connectivity index (χ3v) is 6.32. The van der Waals surface area contributed by atoms with Crippen LogP contribution in [-0.4, -0.2) is 19.3 Å². The van der Waals surface area contributed by atoms with Crippen molar-refractivity contribution >= 4 is 44.6 Å². The van der Waals surface area contributed by atoms with E-state index in [0.29, 0.717) is 4.34 Å². The van der Waals surface area contributed by atoms with Crippen LogP contribution in [0, 0.1) is 5.82 Å². The third-order valence-electron chi connectivity index (χ3n) is 2.81. The maximum Gasteiger partial charge on any atom is 0.245 e. The molecule has 0 aliphatic heterocycles. The number of rotatable bonds is 6. The van der Waals surface area contributed by atoms with Crippen molar-refractivity contribution in [3.63, 3.8) is 0 Å². The summed E-state index contributed by atoms with van der Waals surface area (Å²) in [4.78, 5) is 0.647. The van der Waals surface area contributed by atoms with Crippen LogP contribution >= 0.6 is 34.5 Å². The van der Waals surface area contributed by atoms with Gasteiger partial charge in [0.1, 0.15) is 10.7 Å². The molecule has 0 saturated heterocycles. The molecule has 0 radical (unpaired) electrons. The smallest absolute Gasteiger partial charge is 0.207 e. The van der Waals surface area contributed by atoms with Crippen LogP contribution in [-0.2, 0) is 16.6 Å². The highest BCUT2D eigenvalue weighted by molar-refractivity contribution is 7.89.